The summed E-state index contributed by atoms with van der Waals surface area (Å²) in [7, 11) is 0. The fourth-order valence-electron chi connectivity index (χ4n) is 2.39. The van der Waals surface area contributed by atoms with E-state index in [0.717, 1.165) is 25.7 Å². The average Bonchev–Trinajstić information content (AvgIpc) is 3.25. The lowest BCUT2D eigenvalue weighted by Crippen LogP contribution is -2.16. The second-order valence-electron chi connectivity index (χ2n) is 5.43. The lowest BCUT2D eigenvalue weighted by Gasteiger charge is -2.12. The SMILES string of the molecule is O=C(O)c1coc(C(=O)Nc2cccc(OC[C@H]3CCCO3)c2)c1. The Morgan fingerprint density at radius 2 is 2.21 bits per heavy atom. The highest BCUT2D eigenvalue weighted by Gasteiger charge is 2.17. The Bertz CT molecular complexity index is 732. The first-order valence-corrected chi connectivity index (χ1v) is 7.59. The van der Waals surface area contributed by atoms with Crippen molar-refractivity contribution in [2.24, 2.45) is 0 Å². The van der Waals surface area contributed by atoms with Gasteiger partial charge in [-0.1, -0.05) is 6.07 Å². The standard InChI is InChI=1S/C17H17NO6/c19-16(15-7-11(9-24-15)17(20)21)18-12-3-1-4-13(8-12)23-10-14-5-2-6-22-14/h1,3-4,7-9,14H,2,5-6,10H2,(H,18,19)(H,20,21)/t14-/m1/s1. The molecule has 2 N–H and O–H groups in total. The average molecular weight is 331 g/mol. The van der Waals surface area contributed by atoms with Crippen LogP contribution in [0.15, 0.2) is 41.0 Å². The fraction of sp³-hybridized carbons (Fsp3) is 0.294. The monoisotopic (exact) mass is 331 g/mol. The van der Waals surface area contributed by atoms with Crippen molar-refractivity contribution < 1.29 is 28.6 Å². The Morgan fingerprint density at radius 3 is 2.92 bits per heavy atom. The zero-order chi connectivity index (χ0) is 16.9. The molecule has 126 valence electrons. The Kier molecular flexibility index (Phi) is 4.81. The smallest absolute Gasteiger partial charge is 0.338 e. The number of carboxylic acid groups (broad SMARTS) is 1. The summed E-state index contributed by atoms with van der Waals surface area (Å²) in [5, 5.41) is 11.5. The normalized spacial score (nSPS) is 16.8. The number of nitrogens with one attached hydrogen (secondary N) is 1. The van der Waals surface area contributed by atoms with Crippen molar-refractivity contribution in [3.05, 3.63) is 47.9 Å². The molecular weight excluding hydrogens is 314 g/mol. The maximum Gasteiger partial charge on any atom is 0.338 e. The van der Waals surface area contributed by atoms with Crippen LogP contribution < -0.4 is 10.1 Å². The van der Waals surface area contributed by atoms with E-state index in [9.17, 15) is 9.59 Å². The molecule has 7 heteroatoms. The van der Waals surface area contributed by atoms with Crippen molar-refractivity contribution in [3.8, 4) is 5.75 Å². The highest BCUT2D eigenvalue weighted by atomic mass is 16.5. The van der Waals surface area contributed by atoms with Crippen LogP contribution in [0.1, 0.15) is 33.8 Å². The maximum absolute atomic E-state index is 12.1. The van der Waals surface area contributed by atoms with Gasteiger partial charge in [0, 0.05) is 24.4 Å². The van der Waals surface area contributed by atoms with Gasteiger partial charge in [0.1, 0.15) is 18.6 Å². The van der Waals surface area contributed by atoms with Crippen LogP contribution in [-0.4, -0.2) is 36.3 Å². The second-order valence-corrected chi connectivity index (χ2v) is 5.43. The Labute approximate surface area is 138 Å². The number of amides is 1. The number of ether oxygens (including phenoxy) is 2. The Morgan fingerprint density at radius 1 is 1.33 bits per heavy atom. The molecule has 2 heterocycles. The van der Waals surface area contributed by atoms with Crippen LogP contribution in [0.5, 0.6) is 5.75 Å². The summed E-state index contributed by atoms with van der Waals surface area (Å²) in [6, 6.07) is 8.12. The summed E-state index contributed by atoms with van der Waals surface area (Å²) in [6.07, 6.45) is 3.17. The van der Waals surface area contributed by atoms with E-state index in [-0.39, 0.29) is 17.4 Å². The molecule has 1 aliphatic heterocycles. The minimum Gasteiger partial charge on any atom is -0.491 e. The highest BCUT2D eigenvalue weighted by molar-refractivity contribution is 6.03. The van der Waals surface area contributed by atoms with Gasteiger partial charge >= 0.3 is 5.97 Å². The van der Waals surface area contributed by atoms with Crippen LogP contribution in [0, 0.1) is 0 Å². The summed E-state index contributed by atoms with van der Waals surface area (Å²) < 4.78 is 16.1. The van der Waals surface area contributed by atoms with E-state index in [1.165, 1.54) is 6.07 Å². The van der Waals surface area contributed by atoms with Crippen LogP contribution in [-0.2, 0) is 4.74 Å². The number of carbonyl (C=O) groups excluding carboxylic acids is 1. The van der Waals surface area contributed by atoms with Gasteiger partial charge in [0.05, 0.1) is 11.7 Å². The first kappa shape index (κ1) is 16.1. The first-order valence-electron chi connectivity index (χ1n) is 7.59. The van der Waals surface area contributed by atoms with Crippen molar-refractivity contribution in [2.75, 3.05) is 18.5 Å². The molecule has 1 aromatic carbocycles. The van der Waals surface area contributed by atoms with E-state index in [4.69, 9.17) is 19.0 Å². The van der Waals surface area contributed by atoms with E-state index in [2.05, 4.69) is 5.32 Å². The Hall–Kier alpha value is -2.80. The molecule has 0 bridgehead atoms. The van der Waals surface area contributed by atoms with Gasteiger partial charge in [-0.3, -0.25) is 4.79 Å². The molecule has 7 nitrogen and oxygen atoms in total. The number of aromatic carboxylic acids is 1. The van der Waals surface area contributed by atoms with Gasteiger partial charge in [0.15, 0.2) is 5.76 Å². The summed E-state index contributed by atoms with van der Waals surface area (Å²) in [6.45, 7) is 1.24. The van der Waals surface area contributed by atoms with E-state index in [0.29, 0.717) is 18.0 Å². The summed E-state index contributed by atoms with van der Waals surface area (Å²) >= 11 is 0. The molecule has 0 radical (unpaired) electrons. The molecular formula is C17H17NO6. The Balaban J connectivity index is 1.60. The molecule has 2 aromatic rings. The number of carboxylic acids is 1. The van der Waals surface area contributed by atoms with Gasteiger partial charge in [0.2, 0.25) is 0 Å². The second kappa shape index (κ2) is 7.18. The zero-order valence-corrected chi connectivity index (χ0v) is 12.9. The number of rotatable bonds is 6. The minimum absolute atomic E-state index is 0.0712. The van der Waals surface area contributed by atoms with Crippen LogP contribution in [0.25, 0.3) is 0 Å². The topological polar surface area (TPSA) is 98.0 Å². The number of furan rings is 1. The number of hydrogen-bond acceptors (Lipinski definition) is 5. The molecule has 0 spiro atoms. The third kappa shape index (κ3) is 3.94. The molecule has 0 saturated carbocycles. The molecule has 1 atom stereocenters. The summed E-state index contributed by atoms with van der Waals surface area (Å²) in [5.41, 5.74) is 0.451. The predicted molar refractivity (Wildman–Crippen MR) is 84.5 cm³/mol. The van der Waals surface area contributed by atoms with Gasteiger partial charge in [0.25, 0.3) is 5.91 Å². The largest absolute Gasteiger partial charge is 0.491 e. The molecule has 3 rings (SSSR count). The lowest BCUT2D eigenvalue weighted by atomic mass is 10.2. The van der Waals surface area contributed by atoms with E-state index >= 15 is 0 Å². The van der Waals surface area contributed by atoms with Crippen LogP contribution >= 0.6 is 0 Å². The fourth-order valence-corrected chi connectivity index (χ4v) is 2.39. The van der Waals surface area contributed by atoms with Gasteiger partial charge in [-0.15, -0.1) is 0 Å². The third-order valence-electron chi connectivity index (χ3n) is 3.62. The van der Waals surface area contributed by atoms with Crippen LogP contribution in [0.2, 0.25) is 0 Å². The molecule has 1 fully saturated rings. The summed E-state index contributed by atoms with van der Waals surface area (Å²) in [4.78, 5) is 22.9. The quantitative estimate of drug-likeness (QED) is 0.844. The molecule has 24 heavy (non-hydrogen) atoms. The van der Waals surface area contributed by atoms with Crippen LogP contribution in [0.4, 0.5) is 5.69 Å². The van der Waals surface area contributed by atoms with Gasteiger partial charge in [-0.25, -0.2) is 4.79 Å². The molecule has 1 aromatic heterocycles. The van der Waals surface area contributed by atoms with Gasteiger partial charge in [-0.2, -0.15) is 0 Å². The molecule has 1 aliphatic rings. The molecule has 0 unspecified atom stereocenters. The van der Waals surface area contributed by atoms with Crippen LogP contribution in [0.3, 0.4) is 0 Å². The highest BCUT2D eigenvalue weighted by Crippen LogP contribution is 2.20. The molecule has 1 amide bonds. The summed E-state index contributed by atoms with van der Waals surface area (Å²) in [5.74, 6) is -1.13. The molecule has 1 saturated heterocycles. The van der Waals surface area contributed by atoms with Gasteiger partial charge < -0.3 is 24.3 Å². The van der Waals surface area contributed by atoms with E-state index in [1.807, 2.05) is 0 Å². The number of carbonyl (C=O) groups is 2. The zero-order valence-electron chi connectivity index (χ0n) is 12.9. The van der Waals surface area contributed by atoms with Crippen molar-refractivity contribution >= 4 is 17.6 Å². The third-order valence-corrected chi connectivity index (χ3v) is 3.62. The number of anilines is 1. The van der Waals surface area contributed by atoms with Crippen molar-refractivity contribution in [1.29, 1.82) is 0 Å². The van der Waals surface area contributed by atoms with E-state index in [1.54, 1.807) is 24.3 Å². The molecule has 0 aliphatic carbocycles. The van der Waals surface area contributed by atoms with Crippen molar-refractivity contribution in [1.82, 2.24) is 0 Å². The van der Waals surface area contributed by atoms with E-state index < -0.39 is 11.9 Å². The number of hydrogen-bond donors (Lipinski definition) is 2. The lowest BCUT2D eigenvalue weighted by molar-refractivity contribution is 0.0679. The van der Waals surface area contributed by atoms with Crippen molar-refractivity contribution in [3.63, 3.8) is 0 Å². The minimum atomic E-state index is -1.15. The predicted octanol–water partition coefficient (Wildman–Crippen LogP) is 2.79. The maximum atomic E-state index is 12.1. The number of benzene rings is 1. The van der Waals surface area contributed by atoms with Crippen molar-refractivity contribution in [2.45, 2.75) is 18.9 Å². The van der Waals surface area contributed by atoms with Gasteiger partial charge in [-0.05, 0) is 25.0 Å². The first-order chi connectivity index (χ1) is 11.6.